The molecular formula is C13H28N2O2S. The van der Waals surface area contributed by atoms with Gasteiger partial charge in [-0.25, -0.2) is 4.79 Å². The van der Waals surface area contributed by atoms with Crippen LogP contribution in [-0.2, 0) is 4.74 Å². The van der Waals surface area contributed by atoms with Crippen LogP contribution in [0.15, 0.2) is 0 Å². The molecule has 1 amide bonds. The molecule has 0 rings (SSSR count). The highest BCUT2D eigenvalue weighted by Gasteiger charge is 2.16. The number of nitrogens with one attached hydrogen (secondary N) is 2. The Balaban J connectivity index is 3.70. The molecule has 18 heavy (non-hydrogen) atoms. The molecule has 0 bridgehead atoms. The van der Waals surface area contributed by atoms with Crippen LogP contribution in [0.4, 0.5) is 4.79 Å². The van der Waals surface area contributed by atoms with E-state index >= 15 is 0 Å². The molecule has 2 atom stereocenters. The van der Waals surface area contributed by atoms with Crippen molar-refractivity contribution in [2.75, 3.05) is 25.1 Å². The van der Waals surface area contributed by atoms with Crippen LogP contribution in [0.2, 0.25) is 0 Å². The Morgan fingerprint density at radius 3 is 2.39 bits per heavy atom. The molecule has 0 aliphatic carbocycles. The lowest BCUT2D eigenvalue weighted by Gasteiger charge is -2.21. The zero-order valence-corrected chi connectivity index (χ0v) is 13.3. The van der Waals surface area contributed by atoms with E-state index in [0.29, 0.717) is 12.5 Å². The van der Waals surface area contributed by atoms with Crippen molar-refractivity contribution in [1.82, 2.24) is 10.6 Å². The lowest BCUT2D eigenvalue weighted by atomic mass is 10.2. The summed E-state index contributed by atoms with van der Waals surface area (Å²) in [6.45, 7) is 11.4. The highest BCUT2D eigenvalue weighted by atomic mass is 32.2. The van der Waals surface area contributed by atoms with Crippen molar-refractivity contribution in [3.63, 3.8) is 0 Å². The highest BCUT2D eigenvalue weighted by Crippen LogP contribution is 2.06. The number of alkyl carbamates (subject to hydrolysis) is 1. The first-order valence-electron chi connectivity index (χ1n) is 6.43. The summed E-state index contributed by atoms with van der Waals surface area (Å²) in [7, 11) is 0. The van der Waals surface area contributed by atoms with Crippen molar-refractivity contribution in [2.45, 2.75) is 46.3 Å². The first-order chi connectivity index (χ1) is 8.24. The SMILES string of the molecule is CSCC(C)CNC(C)CNC(=O)OC(C)(C)C. The van der Waals surface area contributed by atoms with E-state index in [2.05, 4.69) is 30.7 Å². The third kappa shape index (κ3) is 10.7. The molecular weight excluding hydrogens is 248 g/mol. The van der Waals surface area contributed by atoms with Gasteiger partial charge >= 0.3 is 6.09 Å². The second-order valence-electron chi connectivity index (χ2n) is 5.75. The van der Waals surface area contributed by atoms with Crippen molar-refractivity contribution in [3.05, 3.63) is 0 Å². The van der Waals surface area contributed by atoms with Gasteiger partial charge in [-0.05, 0) is 52.2 Å². The van der Waals surface area contributed by atoms with Crippen LogP contribution in [0.3, 0.4) is 0 Å². The van der Waals surface area contributed by atoms with E-state index in [0.717, 1.165) is 12.3 Å². The molecule has 2 unspecified atom stereocenters. The van der Waals surface area contributed by atoms with Crippen LogP contribution in [0, 0.1) is 5.92 Å². The smallest absolute Gasteiger partial charge is 0.407 e. The van der Waals surface area contributed by atoms with Crippen molar-refractivity contribution in [3.8, 4) is 0 Å². The van der Waals surface area contributed by atoms with Crippen molar-refractivity contribution >= 4 is 17.9 Å². The molecule has 0 heterocycles. The molecule has 0 saturated carbocycles. The summed E-state index contributed by atoms with van der Waals surface area (Å²) in [5, 5.41) is 6.17. The van der Waals surface area contributed by atoms with Crippen LogP contribution in [0.25, 0.3) is 0 Å². The molecule has 0 aromatic carbocycles. The average molecular weight is 276 g/mol. The summed E-state index contributed by atoms with van der Waals surface area (Å²) in [5.74, 6) is 1.79. The van der Waals surface area contributed by atoms with Gasteiger partial charge in [0.25, 0.3) is 0 Å². The lowest BCUT2D eigenvalue weighted by molar-refractivity contribution is 0.0523. The summed E-state index contributed by atoms with van der Waals surface area (Å²) in [5.41, 5.74) is -0.437. The summed E-state index contributed by atoms with van der Waals surface area (Å²) >= 11 is 1.86. The molecule has 2 N–H and O–H groups in total. The minimum Gasteiger partial charge on any atom is -0.444 e. The largest absolute Gasteiger partial charge is 0.444 e. The predicted octanol–water partition coefficient (Wildman–Crippen LogP) is 2.49. The number of amides is 1. The quantitative estimate of drug-likeness (QED) is 0.750. The molecule has 0 aromatic rings. The number of carbonyl (C=O) groups excluding carboxylic acids is 1. The Hall–Kier alpha value is -0.420. The summed E-state index contributed by atoms with van der Waals surface area (Å²) in [6.07, 6.45) is 1.76. The molecule has 0 aliphatic rings. The number of rotatable bonds is 7. The van der Waals surface area contributed by atoms with Gasteiger partial charge in [0.05, 0.1) is 0 Å². The van der Waals surface area contributed by atoms with E-state index in [1.54, 1.807) is 0 Å². The topological polar surface area (TPSA) is 50.4 Å². The Bertz CT molecular complexity index is 242. The maximum absolute atomic E-state index is 11.4. The maximum atomic E-state index is 11.4. The van der Waals surface area contributed by atoms with Crippen molar-refractivity contribution in [1.29, 1.82) is 0 Å². The van der Waals surface area contributed by atoms with Crippen LogP contribution < -0.4 is 10.6 Å². The Kier molecular flexibility index (Phi) is 8.44. The van der Waals surface area contributed by atoms with E-state index in [-0.39, 0.29) is 12.1 Å². The van der Waals surface area contributed by atoms with Crippen LogP contribution in [0.1, 0.15) is 34.6 Å². The fraction of sp³-hybridized carbons (Fsp3) is 0.923. The molecule has 5 heteroatoms. The first-order valence-corrected chi connectivity index (χ1v) is 7.83. The predicted molar refractivity (Wildman–Crippen MR) is 79.2 cm³/mol. The fourth-order valence-electron chi connectivity index (χ4n) is 1.37. The summed E-state index contributed by atoms with van der Waals surface area (Å²) < 4.78 is 5.17. The van der Waals surface area contributed by atoms with Gasteiger partial charge in [0.1, 0.15) is 5.60 Å². The third-order valence-electron chi connectivity index (χ3n) is 2.22. The molecule has 4 nitrogen and oxygen atoms in total. The fourth-order valence-corrected chi connectivity index (χ4v) is 2.06. The molecule has 0 radical (unpaired) electrons. The van der Waals surface area contributed by atoms with Gasteiger partial charge in [0, 0.05) is 12.6 Å². The zero-order chi connectivity index (χ0) is 14.2. The van der Waals surface area contributed by atoms with Crippen molar-refractivity contribution in [2.24, 2.45) is 5.92 Å². The van der Waals surface area contributed by atoms with Crippen LogP contribution in [-0.4, -0.2) is 42.8 Å². The standard InChI is InChI=1S/C13H28N2O2S/c1-10(9-18-6)7-14-11(2)8-15-12(16)17-13(3,4)5/h10-11,14H,7-9H2,1-6H3,(H,15,16). The normalized spacial score (nSPS) is 15.0. The monoisotopic (exact) mass is 276 g/mol. The van der Waals surface area contributed by atoms with E-state index in [9.17, 15) is 4.79 Å². The Morgan fingerprint density at radius 1 is 1.28 bits per heavy atom. The molecule has 0 spiro atoms. The van der Waals surface area contributed by atoms with Gasteiger partial charge in [-0.1, -0.05) is 6.92 Å². The minimum absolute atomic E-state index is 0.252. The first kappa shape index (κ1) is 17.6. The van der Waals surface area contributed by atoms with Gasteiger partial charge in [-0.15, -0.1) is 0 Å². The molecule has 108 valence electrons. The van der Waals surface area contributed by atoms with Crippen molar-refractivity contribution < 1.29 is 9.53 Å². The second kappa shape index (κ2) is 8.64. The zero-order valence-electron chi connectivity index (χ0n) is 12.5. The number of hydrogen-bond acceptors (Lipinski definition) is 4. The lowest BCUT2D eigenvalue weighted by Crippen LogP contribution is -2.42. The maximum Gasteiger partial charge on any atom is 0.407 e. The summed E-state index contributed by atoms with van der Waals surface area (Å²) in [6, 6.07) is 0.252. The third-order valence-corrected chi connectivity index (χ3v) is 3.12. The average Bonchev–Trinajstić information content (AvgIpc) is 2.21. The van der Waals surface area contributed by atoms with E-state index in [1.165, 1.54) is 0 Å². The number of ether oxygens (including phenoxy) is 1. The van der Waals surface area contributed by atoms with Gasteiger partial charge in [0.15, 0.2) is 0 Å². The second-order valence-corrected chi connectivity index (χ2v) is 6.66. The summed E-state index contributed by atoms with van der Waals surface area (Å²) in [4.78, 5) is 11.4. The Morgan fingerprint density at radius 2 is 1.89 bits per heavy atom. The Labute approximate surface area is 116 Å². The minimum atomic E-state index is -0.437. The van der Waals surface area contributed by atoms with E-state index in [4.69, 9.17) is 4.74 Å². The number of hydrogen-bond donors (Lipinski definition) is 2. The molecule has 0 aromatic heterocycles. The van der Waals surface area contributed by atoms with Crippen LogP contribution in [0.5, 0.6) is 0 Å². The van der Waals surface area contributed by atoms with E-state index in [1.807, 2.05) is 32.5 Å². The van der Waals surface area contributed by atoms with E-state index < -0.39 is 5.60 Å². The molecule has 0 aliphatic heterocycles. The highest BCUT2D eigenvalue weighted by molar-refractivity contribution is 7.98. The molecule has 0 saturated heterocycles. The van der Waals surface area contributed by atoms with Crippen LogP contribution >= 0.6 is 11.8 Å². The van der Waals surface area contributed by atoms with Gasteiger partial charge in [-0.2, -0.15) is 11.8 Å². The number of thioether (sulfide) groups is 1. The molecule has 0 fully saturated rings. The van der Waals surface area contributed by atoms with Gasteiger partial charge in [-0.3, -0.25) is 0 Å². The van der Waals surface area contributed by atoms with Gasteiger partial charge in [0.2, 0.25) is 0 Å². The van der Waals surface area contributed by atoms with Gasteiger partial charge < -0.3 is 15.4 Å². The number of carbonyl (C=O) groups is 1.